The van der Waals surface area contributed by atoms with Crippen LogP contribution in [0.3, 0.4) is 0 Å². The second kappa shape index (κ2) is 3.58. The predicted octanol–water partition coefficient (Wildman–Crippen LogP) is 2.90. The first kappa shape index (κ1) is 10.0. The Morgan fingerprint density at radius 2 is 2.27 bits per heavy atom. The average molecular weight is 271 g/mol. The van der Waals surface area contributed by atoms with E-state index < -0.39 is 5.97 Å². The number of hydrogen-bond acceptors (Lipinski definition) is 3. The van der Waals surface area contributed by atoms with Crippen LogP contribution in [-0.4, -0.2) is 18.2 Å². The Labute approximate surface area is 93.6 Å². The number of methoxy groups -OCH3 is 1. The molecule has 0 aliphatic carbocycles. The van der Waals surface area contributed by atoms with Gasteiger partial charge in [0.05, 0.1) is 11.6 Å². The van der Waals surface area contributed by atoms with Gasteiger partial charge in [-0.05, 0) is 28.1 Å². The molecule has 1 N–H and O–H groups in total. The number of benzene rings is 1. The van der Waals surface area contributed by atoms with Gasteiger partial charge >= 0.3 is 5.97 Å². The van der Waals surface area contributed by atoms with Crippen molar-refractivity contribution in [1.82, 2.24) is 0 Å². The van der Waals surface area contributed by atoms with Gasteiger partial charge in [-0.3, -0.25) is 0 Å². The Kier molecular flexibility index (Phi) is 2.40. The van der Waals surface area contributed by atoms with Gasteiger partial charge in [0.25, 0.3) is 0 Å². The molecule has 0 amide bonds. The topological polar surface area (TPSA) is 59.7 Å². The van der Waals surface area contributed by atoms with Crippen LogP contribution >= 0.6 is 15.9 Å². The van der Waals surface area contributed by atoms with E-state index in [1.165, 1.54) is 6.07 Å². The minimum absolute atomic E-state index is 0.0843. The summed E-state index contributed by atoms with van der Waals surface area (Å²) in [6.07, 6.45) is 0. The van der Waals surface area contributed by atoms with Gasteiger partial charge in [-0.2, -0.15) is 0 Å². The van der Waals surface area contributed by atoms with E-state index in [1.807, 2.05) is 0 Å². The van der Waals surface area contributed by atoms with Crippen LogP contribution < -0.4 is 4.74 Å². The molecule has 2 rings (SSSR count). The predicted molar refractivity (Wildman–Crippen MR) is 57.4 cm³/mol. The zero-order valence-electron chi connectivity index (χ0n) is 7.78. The molecular weight excluding hydrogens is 264 g/mol. The standard InChI is InChI=1S/C10H7BrO4/c1-14-7-3-2-6-5(9(7)11)4-8(15-6)10(12)13/h2-4H,1H3,(H,12,13). The maximum atomic E-state index is 10.7. The molecule has 0 atom stereocenters. The van der Waals surface area contributed by atoms with Gasteiger partial charge in [0.1, 0.15) is 11.3 Å². The number of hydrogen-bond donors (Lipinski definition) is 1. The summed E-state index contributed by atoms with van der Waals surface area (Å²) >= 11 is 3.33. The van der Waals surface area contributed by atoms with E-state index in [-0.39, 0.29) is 5.76 Å². The van der Waals surface area contributed by atoms with Crippen molar-refractivity contribution in [3.8, 4) is 5.75 Å². The molecule has 0 spiro atoms. The molecule has 0 saturated heterocycles. The largest absolute Gasteiger partial charge is 0.496 e. The summed E-state index contributed by atoms with van der Waals surface area (Å²) in [6.45, 7) is 0. The van der Waals surface area contributed by atoms with Gasteiger partial charge in [0, 0.05) is 11.5 Å². The summed E-state index contributed by atoms with van der Waals surface area (Å²) in [4.78, 5) is 10.7. The Bertz CT molecular complexity index is 529. The maximum Gasteiger partial charge on any atom is 0.371 e. The van der Waals surface area contributed by atoms with Crippen molar-refractivity contribution >= 4 is 32.9 Å². The molecule has 0 saturated carbocycles. The van der Waals surface area contributed by atoms with Crippen LogP contribution in [0.25, 0.3) is 11.0 Å². The molecule has 0 aliphatic heterocycles. The summed E-state index contributed by atoms with van der Waals surface area (Å²) in [5.74, 6) is -0.531. The number of fused-ring (bicyclic) bond motifs is 1. The lowest BCUT2D eigenvalue weighted by molar-refractivity contribution is 0.0665. The lowest BCUT2D eigenvalue weighted by atomic mass is 10.2. The number of halogens is 1. The van der Waals surface area contributed by atoms with E-state index in [4.69, 9.17) is 14.3 Å². The van der Waals surface area contributed by atoms with Crippen LogP contribution in [0.5, 0.6) is 5.75 Å². The Hall–Kier alpha value is -1.49. The lowest BCUT2D eigenvalue weighted by Crippen LogP contribution is -1.91. The van der Waals surface area contributed by atoms with Crippen molar-refractivity contribution in [2.24, 2.45) is 0 Å². The molecule has 1 heterocycles. The molecule has 0 unspecified atom stereocenters. The third-order valence-corrected chi connectivity index (χ3v) is 2.85. The summed E-state index contributed by atoms with van der Waals surface area (Å²) in [5, 5.41) is 9.45. The first-order valence-corrected chi connectivity index (χ1v) is 4.92. The Morgan fingerprint density at radius 3 is 2.87 bits per heavy atom. The molecular formula is C10H7BrO4. The molecule has 1 aromatic heterocycles. The smallest absolute Gasteiger partial charge is 0.371 e. The van der Waals surface area contributed by atoms with Crippen LogP contribution in [0.1, 0.15) is 10.6 Å². The molecule has 0 radical (unpaired) electrons. The number of ether oxygens (including phenoxy) is 1. The van der Waals surface area contributed by atoms with Gasteiger partial charge in [-0.15, -0.1) is 0 Å². The van der Waals surface area contributed by atoms with Crippen LogP contribution in [0, 0.1) is 0 Å². The molecule has 5 heteroatoms. The van der Waals surface area contributed by atoms with E-state index in [9.17, 15) is 4.79 Å². The van der Waals surface area contributed by atoms with E-state index >= 15 is 0 Å². The molecule has 0 aliphatic rings. The molecule has 15 heavy (non-hydrogen) atoms. The fourth-order valence-electron chi connectivity index (χ4n) is 1.32. The van der Waals surface area contributed by atoms with E-state index in [2.05, 4.69) is 15.9 Å². The summed E-state index contributed by atoms with van der Waals surface area (Å²) in [5.41, 5.74) is 0.514. The van der Waals surface area contributed by atoms with Crippen molar-refractivity contribution in [2.75, 3.05) is 7.11 Å². The van der Waals surface area contributed by atoms with Gasteiger partial charge < -0.3 is 14.3 Å². The van der Waals surface area contributed by atoms with Crippen LogP contribution in [0.2, 0.25) is 0 Å². The number of furan rings is 1. The molecule has 1 aromatic carbocycles. The van der Waals surface area contributed by atoms with E-state index in [1.54, 1.807) is 19.2 Å². The molecule has 0 bridgehead atoms. The molecule has 4 nitrogen and oxygen atoms in total. The highest BCUT2D eigenvalue weighted by atomic mass is 79.9. The van der Waals surface area contributed by atoms with Crippen LogP contribution in [0.4, 0.5) is 0 Å². The van der Waals surface area contributed by atoms with E-state index in [0.29, 0.717) is 21.2 Å². The first-order chi connectivity index (χ1) is 7.13. The molecule has 0 fully saturated rings. The van der Waals surface area contributed by atoms with Crippen molar-refractivity contribution in [3.63, 3.8) is 0 Å². The van der Waals surface area contributed by atoms with E-state index in [0.717, 1.165) is 0 Å². The number of rotatable bonds is 2. The molecule has 78 valence electrons. The zero-order valence-corrected chi connectivity index (χ0v) is 9.37. The monoisotopic (exact) mass is 270 g/mol. The first-order valence-electron chi connectivity index (χ1n) is 4.13. The average Bonchev–Trinajstić information content (AvgIpc) is 2.63. The number of carboxylic acid groups (broad SMARTS) is 1. The normalized spacial score (nSPS) is 10.5. The quantitative estimate of drug-likeness (QED) is 0.912. The highest BCUT2D eigenvalue weighted by Crippen LogP contribution is 2.34. The Balaban J connectivity index is 2.71. The summed E-state index contributed by atoms with van der Waals surface area (Å²) in [7, 11) is 1.55. The van der Waals surface area contributed by atoms with Crippen molar-refractivity contribution in [1.29, 1.82) is 0 Å². The third-order valence-electron chi connectivity index (χ3n) is 2.03. The highest BCUT2D eigenvalue weighted by Gasteiger charge is 2.14. The minimum Gasteiger partial charge on any atom is -0.496 e. The number of carbonyl (C=O) groups is 1. The van der Waals surface area contributed by atoms with Gasteiger partial charge in [0.2, 0.25) is 5.76 Å². The van der Waals surface area contributed by atoms with Crippen molar-refractivity contribution in [2.45, 2.75) is 0 Å². The summed E-state index contributed by atoms with van der Waals surface area (Å²) < 4.78 is 10.9. The fraction of sp³-hybridized carbons (Fsp3) is 0.100. The third kappa shape index (κ3) is 1.59. The number of carboxylic acids is 1. The Morgan fingerprint density at radius 1 is 1.53 bits per heavy atom. The van der Waals surface area contributed by atoms with Crippen molar-refractivity contribution < 1.29 is 19.1 Å². The SMILES string of the molecule is COc1ccc2oc(C(=O)O)cc2c1Br. The highest BCUT2D eigenvalue weighted by molar-refractivity contribution is 9.10. The fourth-order valence-corrected chi connectivity index (χ4v) is 1.92. The minimum atomic E-state index is -1.09. The van der Waals surface area contributed by atoms with Crippen molar-refractivity contribution in [3.05, 3.63) is 28.4 Å². The maximum absolute atomic E-state index is 10.7. The van der Waals surface area contributed by atoms with Crippen LogP contribution in [0.15, 0.2) is 27.1 Å². The molecule has 2 aromatic rings. The zero-order chi connectivity index (χ0) is 11.0. The number of aromatic carboxylic acids is 1. The second-order valence-electron chi connectivity index (χ2n) is 2.91. The van der Waals surface area contributed by atoms with Gasteiger partial charge in [-0.1, -0.05) is 0 Å². The lowest BCUT2D eigenvalue weighted by Gasteiger charge is -2.01. The second-order valence-corrected chi connectivity index (χ2v) is 3.70. The van der Waals surface area contributed by atoms with Gasteiger partial charge in [-0.25, -0.2) is 4.79 Å². The van der Waals surface area contributed by atoms with Crippen LogP contribution in [-0.2, 0) is 0 Å². The van der Waals surface area contributed by atoms with Gasteiger partial charge in [0.15, 0.2) is 0 Å². The summed E-state index contributed by atoms with van der Waals surface area (Å²) in [6, 6.07) is 4.84.